The first-order valence-electron chi connectivity index (χ1n) is 6.32. The predicted octanol–water partition coefficient (Wildman–Crippen LogP) is 2.84. The Labute approximate surface area is 117 Å². The maximum atomic E-state index is 10.7. The Hall–Kier alpha value is -2.33. The van der Waals surface area contributed by atoms with Crippen molar-refractivity contribution in [1.82, 2.24) is 0 Å². The van der Waals surface area contributed by atoms with Gasteiger partial charge >= 0.3 is 5.97 Å². The highest BCUT2D eigenvalue weighted by Gasteiger charge is 2.11. The lowest BCUT2D eigenvalue weighted by molar-refractivity contribution is -0.137. The minimum Gasteiger partial charge on any atom is -0.497 e. The van der Waals surface area contributed by atoms with Crippen molar-refractivity contribution in [3.05, 3.63) is 54.1 Å². The number of rotatable bonds is 5. The van der Waals surface area contributed by atoms with Crippen molar-refractivity contribution in [2.45, 2.75) is 12.5 Å². The van der Waals surface area contributed by atoms with Gasteiger partial charge in [0.2, 0.25) is 0 Å². The largest absolute Gasteiger partial charge is 0.497 e. The maximum absolute atomic E-state index is 10.7. The van der Waals surface area contributed by atoms with Gasteiger partial charge in [0.25, 0.3) is 0 Å². The first-order valence-corrected chi connectivity index (χ1v) is 6.32. The fourth-order valence-electron chi connectivity index (χ4n) is 2.04. The second-order valence-corrected chi connectivity index (χ2v) is 4.56. The van der Waals surface area contributed by atoms with Crippen LogP contribution < -0.4 is 10.5 Å². The number of carbonyl (C=O) groups is 1. The van der Waals surface area contributed by atoms with Gasteiger partial charge in [0.15, 0.2) is 0 Å². The number of benzene rings is 2. The lowest BCUT2D eigenvalue weighted by Crippen LogP contribution is -2.14. The average Bonchev–Trinajstić information content (AvgIpc) is 2.47. The zero-order valence-corrected chi connectivity index (χ0v) is 11.2. The second-order valence-electron chi connectivity index (χ2n) is 4.56. The van der Waals surface area contributed by atoms with Gasteiger partial charge in [-0.05, 0) is 34.9 Å². The normalized spacial score (nSPS) is 11.9. The Bertz CT molecular complexity index is 593. The van der Waals surface area contributed by atoms with Crippen LogP contribution in [-0.4, -0.2) is 18.2 Å². The van der Waals surface area contributed by atoms with Crippen molar-refractivity contribution in [1.29, 1.82) is 0 Å². The lowest BCUT2D eigenvalue weighted by Gasteiger charge is -2.11. The molecule has 1 atom stereocenters. The van der Waals surface area contributed by atoms with Gasteiger partial charge < -0.3 is 15.6 Å². The van der Waals surface area contributed by atoms with Gasteiger partial charge in [-0.15, -0.1) is 0 Å². The first-order chi connectivity index (χ1) is 9.60. The summed E-state index contributed by atoms with van der Waals surface area (Å²) in [6, 6.07) is 14.8. The quantitative estimate of drug-likeness (QED) is 0.877. The van der Waals surface area contributed by atoms with Crippen LogP contribution >= 0.6 is 0 Å². The Kier molecular flexibility index (Phi) is 4.38. The molecule has 0 amide bonds. The Morgan fingerprint density at radius 3 is 2.50 bits per heavy atom. The third-order valence-electron chi connectivity index (χ3n) is 3.13. The smallest absolute Gasteiger partial charge is 0.305 e. The van der Waals surface area contributed by atoms with E-state index in [1.54, 1.807) is 7.11 Å². The molecule has 104 valence electrons. The third-order valence-corrected chi connectivity index (χ3v) is 3.13. The summed E-state index contributed by atoms with van der Waals surface area (Å²) in [5, 5.41) is 8.80. The summed E-state index contributed by atoms with van der Waals surface area (Å²) in [5.74, 6) is -0.0974. The molecule has 0 saturated carbocycles. The summed E-state index contributed by atoms with van der Waals surface area (Å²) in [6.07, 6.45) is -0.0773. The molecule has 0 spiro atoms. The molecule has 0 aliphatic carbocycles. The van der Waals surface area contributed by atoms with Crippen LogP contribution in [0.15, 0.2) is 48.5 Å². The summed E-state index contributed by atoms with van der Waals surface area (Å²) in [5.41, 5.74) is 8.75. The number of carboxylic acids is 1. The van der Waals surface area contributed by atoms with Gasteiger partial charge in [-0.3, -0.25) is 4.79 Å². The molecule has 2 aromatic rings. The van der Waals surface area contributed by atoms with Crippen LogP contribution in [0.25, 0.3) is 11.1 Å². The molecule has 0 saturated heterocycles. The van der Waals surface area contributed by atoms with Gasteiger partial charge in [0, 0.05) is 6.04 Å². The van der Waals surface area contributed by atoms with E-state index >= 15 is 0 Å². The van der Waals surface area contributed by atoms with E-state index < -0.39 is 12.0 Å². The molecular formula is C16H17NO3. The number of methoxy groups -OCH3 is 1. The van der Waals surface area contributed by atoms with Crippen LogP contribution in [0, 0.1) is 0 Å². The molecule has 1 unspecified atom stereocenters. The van der Waals surface area contributed by atoms with Crippen LogP contribution in [0.2, 0.25) is 0 Å². The third kappa shape index (κ3) is 3.36. The van der Waals surface area contributed by atoms with Crippen molar-refractivity contribution < 1.29 is 14.6 Å². The SMILES string of the molecule is COc1ccc(-c2cccc(C(N)CC(=O)O)c2)cc1. The van der Waals surface area contributed by atoms with E-state index in [0.717, 1.165) is 22.4 Å². The molecule has 0 aliphatic heterocycles. The highest BCUT2D eigenvalue weighted by atomic mass is 16.5. The number of hydrogen-bond donors (Lipinski definition) is 2. The van der Waals surface area contributed by atoms with E-state index in [9.17, 15) is 4.79 Å². The molecule has 0 aromatic heterocycles. The van der Waals surface area contributed by atoms with Gasteiger partial charge in [-0.1, -0.05) is 30.3 Å². The van der Waals surface area contributed by atoms with E-state index in [1.165, 1.54) is 0 Å². The average molecular weight is 271 g/mol. The van der Waals surface area contributed by atoms with Crippen LogP contribution in [0.5, 0.6) is 5.75 Å². The second kappa shape index (κ2) is 6.21. The zero-order valence-electron chi connectivity index (χ0n) is 11.2. The number of hydrogen-bond acceptors (Lipinski definition) is 3. The van der Waals surface area contributed by atoms with Crippen molar-refractivity contribution in [2.24, 2.45) is 5.73 Å². The molecule has 0 bridgehead atoms. The molecule has 2 aromatic carbocycles. The highest BCUT2D eigenvalue weighted by Crippen LogP contribution is 2.25. The summed E-state index contributed by atoms with van der Waals surface area (Å²) < 4.78 is 5.13. The van der Waals surface area contributed by atoms with Gasteiger partial charge in [0.05, 0.1) is 13.5 Å². The number of aliphatic carboxylic acids is 1. The van der Waals surface area contributed by atoms with Crippen molar-refractivity contribution >= 4 is 5.97 Å². The fraction of sp³-hybridized carbons (Fsp3) is 0.188. The van der Waals surface area contributed by atoms with Crippen LogP contribution in [0.1, 0.15) is 18.0 Å². The molecule has 0 radical (unpaired) electrons. The molecular weight excluding hydrogens is 254 g/mol. The number of nitrogens with two attached hydrogens (primary N) is 1. The van der Waals surface area contributed by atoms with Crippen molar-refractivity contribution in [2.75, 3.05) is 7.11 Å². The van der Waals surface area contributed by atoms with E-state index in [-0.39, 0.29) is 6.42 Å². The lowest BCUT2D eigenvalue weighted by atomic mass is 9.98. The first kappa shape index (κ1) is 14.1. The van der Waals surface area contributed by atoms with Crippen molar-refractivity contribution in [3.63, 3.8) is 0 Å². The number of ether oxygens (including phenoxy) is 1. The predicted molar refractivity (Wildman–Crippen MR) is 77.6 cm³/mol. The Morgan fingerprint density at radius 2 is 1.90 bits per heavy atom. The zero-order chi connectivity index (χ0) is 14.5. The van der Waals surface area contributed by atoms with E-state index in [0.29, 0.717) is 0 Å². The fourth-order valence-corrected chi connectivity index (χ4v) is 2.04. The van der Waals surface area contributed by atoms with Gasteiger partial charge in [0.1, 0.15) is 5.75 Å². The Balaban J connectivity index is 2.26. The molecule has 2 rings (SSSR count). The maximum Gasteiger partial charge on any atom is 0.305 e. The van der Waals surface area contributed by atoms with Gasteiger partial charge in [-0.25, -0.2) is 0 Å². The van der Waals surface area contributed by atoms with E-state index in [4.69, 9.17) is 15.6 Å². The molecule has 4 heteroatoms. The van der Waals surface area contributed by atoms with E-state index in [1.807, 2.05) is 48.5 Å². The van der Waals surface area contributed by atoms with Crippen LogP contribution in [0.4, 0.5) is 0 Å². The molecule has 20 heavy (non-hydrogen) atoms. The van der Waals surface area contributed by atoms with E-state index in [2.05, 4.69) is 0 Å². The molecule has 0 heterocycles. The van der Waals surface area contributed by atoms with Crippen LogP contribution in [0.3, 0.4) is 0 Å². The highest BCUT2D eigenvalue weighted by molar-refractivity contribution is 5.69. The molecule has 0 aliphatic rings. The summed E-state index contributed by atoms with van der Waals surface area (Å²) >= 11 is 0. The summed E-state index contributed by atoms with van der Waals surface area (Å²) in [7, 11) is 1.63. The molecule has 3 N–H and O–H groups in total. The van der Waals surface area contributed by atoms with Crippen LogP contribution in [-0.2, 0) is 4.79 Å². The summed E-state index contributed by atoms with van der Waals surface area (Å²) in [6.45, 7) is 0. The molecule has 4 nitrogen and oxygen atoms in total. The Morgan fingerprint density at radius 1 is 1.20 bits per heavy atom. The molecule has 0 fully saturated rings. The monoisotopic (exact) mass is 271 g/mol. The van der Waals surface area contributed by atoms with Crippen molar-refractivity contribution in [3.8, 4) is 16.9 Å². The van der Waals surface area contributed by atoms with Gasteiger partial charge in [-0.2, -0.15) is 0 Å². The number of carboxylic acid groups (broad SMARTS) is 1. The minimum absolute atomic E-state index is 0.0773. The minimum atomic E-state index is -0.896. The standard InChI is InChI=1S/C16H17NO3/c1-20-14-7-5-11(6-8-14)12-3-2-4-13(9-12)15(17)10-16(18)19/h2-9,15H,10,17H2,1H3,(H,18,19). The topological polar surface area (TPSA) is 72.5 Å². The summed E-state index contributed by atoms with van der Waals surface area (Å²) in [4.78, 5) is 10.7.